The minimum absolute atomic E-state index is 0.458. The summed E-state index contributed by atoms with van der Waals surface area (Å²) in [6, 6.07) is 8.04. The molecule has 1 aromatic carbocycles. The lowest BCUT2D eigenvalue weighted by atomic mass is 10.1. The van der Waals surface area contributed by atoms with Crippen molar-refractivity contribution in [3.8, 4) is 0 Å². The summed E-state index contributed by atoms with van der Waals surface area (Å²) in [5.41, 5.74) is 5.03. The maximum Gasteiger partial charge on any atom is 0.214 e. The average Bonchev–Trinajstić information content (AvgIpc) is 2.88. The van der Waals surface area contributed by atoms with Crippen LogP contribution < -0.4 is 4.90 Å². The SMILES string of the molecule is Cc1cc(C)c2c(CN(C=O)c3cccnc3C)nsc2c1. The van der Waals surface area contributed by atoms with Gasteiger partial charge < -0.3 is 4.90 Å². The summed E-state index contributed by atoms with van der Waals surface area (Å²) >= 11 is 1.49. The first kappa shape index (κ1) is 14.7. The second-order valence-electron chi connectivity index (χ2n) is 5.43. The van der Waals surface area contributed by atoms with Gasteiger partial charge in [-0.1, -0.05) is 6.07 Å². The molecule has 2 heterocycles. The molecule has 0 aliphatic heterocycles. The van der Waals surface area contributed by atoms with Gasteiger partial charge in [0.25, 0.3) is 0 Å². The van der Waals surface area contributed by atoms with Gasteiger partial charge in [0.1, 0.15) is 0 Å². The van der Waals surface area contributed by atoms with Crippen molar-refractivity contribution >= 4 is 33.7 Å². The number of amides is 1. The Hall–Kier alpha value is -2.27. The Morgan fingerprint density at radius 1 is 1.27 bits per heavy atom. The van der Waals surface area contributed by atoms with E-state index in [4.69, 9.17) is 0 Å². The fourth-order valence-corrected chi connectivity index (χ4v) is 3.71. The van der Waals surface area contributed by atoms with E-state index in [1.807, 2.05) is 19.1 Å². The van der Waals surface area contributed by atoms with Crippen LogP contribution >= 0.6 is 11.5 Å². The zero-order chi connectivity index (χ0) is 15.7. The first-order valence-corrected chi connectivity index (χ1v) is 7.86. The van der Waals surface area contributed by atoms with Crippen molar-refractivity contribution in [1.29, 1.82) is 0 Å². The third kappa shape index (κ3) is 2.60. The Morgan fingerprint density at radius 2 is 2.09 bits per heavy atom. The number of rotatable bonds is 4. The molecule has 0 bridgehead atoms. The van der Waals surface area contributed by atoms with E-state index < -0.39 is 0 Å². The van der Waals surface area contributed by atoms with E-state index in [-0.39, 0.29) is 0 Å². The summed E-state index contributed by atoms with van der Waals surface area (Å²) in [7, 11) is 0. The molecule has 0 N–H and O–H groups in total. The minimum atomic E-state index is 0.458. The van der Waals surface area contributed by atoms with Crippen LogP contribution in [0.5, 0.6) is 0 Å². The number of nitrogens with zero attached hydrogens (tertiary/aromatic N) is 3. The first-order valence-electron chi connectivity index (χ1n) is 7.09. The number of aromatic nitrogens is 2. The van der Waals surface area contributed by atoms with Gasteiger partial charge in [-0.3, -0.25) is 9.78 Å². The largest absolute Gasteiger partial charge is 0.307 e. The molecule has 0 spiro atoms. The normalized spacial score (nSPS) is 10.9. The van der Waals surface area contributed by atoms with Crippen molar-refractivity contribution in [3.63, 3.8) is 0 Å². The molecule has 0 saturated carbocycles. The number of pyridine rings is 1. The molecule has 0 aliphatic rings. The van der Waals surface area contributed by atoms with Gasteiger partial charge in [0, 0.05) is 11.6 Å². The van der Waals surface area contributed by atoms with Gasteiger partial charge in [0.15, 0.2) is 0 Å². The lowest BCUT2D eigenvalue weighted by Gasteiger charge is -2.18. The van der Waals surface area contributed by atoms with Gasteiger partial charge in [-0.2, -0.15) is 4.37 Å². The van der Waals surface area contributed by atoms with Crippen LogP contribution in [0, 0.1) is 20.8 Å². The standard InChI is InChI=1S/C17H17N3OS/c1-11-7-12(2)17-14(19-22-16(17)8-11)9-20(10-21)15-5-4-6-18-13(15)3/h4-8,10H,9H2,1-3H3. The highest BCUT2D eigenvalue weighted by Crippen LogP contribution is 2.29. The van der Waals surface area contributed by atoms with E-state index in [0.29, 0.717) is 6.54 Å². The quantitative estimate of drug-likeness (QED) is 0.689. The molecular weight excluding hydrogens is 294 g/mol. The van der Waals surface area contributed by atoms with Crippen LogP contribution in [0.4, 0.5) is 5.69 Å². The number of carbonyl (C=O) groups is 1. The average molecular weight is 311 g/mol. The molecule has 2 aromatic heterocycles. The number of benzene rings is 1. The first-order chi connectivity index (χ1) is 10.6. The third-order valence-corrected chi connectivity index (χ3v) is 4.55. The van der Waals surface area contributed by atoms with Crippen LogP contribution in [-0.2, 0) is 11.3 Å². The van der Waals surface area contributed by atoms with Gasteiger partial charge in [-0.25, -0.2) is 0 Å². The van der Waals surface area contributed by atoms with Gasteiger partial charge in [0.05, 0.1) is 28.3 Å². The van der Waals surface area contributed by atoms with Crippen LogP contribution in [0.2, 0.25) is 0 Å². The summed E-state index contributed by atoms with van der Waals surface area (Å²) in [5, 5.41) is 1.16. The molecule has 0 aliphatic carbocycles. The molecule has 3 rings (SSSR count). The van der Waals surface area contributed by atoms with Crippen molar-refractivity contribution in [2.45, 2.75) is 27.3 Å². The van der Waals surface area contributed by atoms with E-state index >= 15 is 0 Å². The second kappa shape index (κ2) is 5.85. The van der Waals surface area contributed by atoms with Gasteiger partial charge in [0.2, 0.25) is 6.41 Å². The van der Waals surface area contributed by atoms with Crippen molar-refractivity contribution < 1.29 is 4.79 Å². The molecule has 0 radical (unpaired) electrons. The van der Waals surface area contributed by atoms with Crippen molar-refractivity contribution in [2.24, 2.45) is 0 Å². The number of hydrogen-bond acceptors (Lipinski definition) is 4. The van der Waals surface area contributed by atoms with Crippen molar-refractivity contribution in [3.05, 3.63) is 53.0 Å². The summed E-state index contributed by atoms with van der Waals surface area (Å²) in [6.07, 6.45) is 2.58. The van der Waals surface area contributed by atoms with E-state index in [1.54, 1.807) is 11.1 Å². The highest BCUT2D eigenvalue weighted by atomic mass is 32.1. The topological polar surface area (TPSA) is 46.1 Å². The van der Waals surface area contributed by atoms with E-state index in [1.165, 1.54) is 27.4 Å². The number of fused-ring (bicyclic) bond motifs is 1. The number of carbonyl (C=O) groups excluding carboxylic acids is 1. The minimum Gasteiger partial charge on any atom is -0.307 e. The summed E-state index contributed by atoms with van der Waals surface area (Å²) in [5.74, 6) is 0. The molecule has 0 unspecified atom stereocenters. The Balaban J connectivity index is 2.02. The van der Waals surface area contributed by atoms with E-state index in [9.17, 15) is 4.79 Å². The number of anilines is 1. The number of hydrogen-bond donors (Lipinski definition) is 0. The zero-order valence-electron chi connectivity index (χ0n) is 12.8. The molecule has 0 fully saturated rings. The highest BCUT2D eigenvalue weighted by Gasteiger charge is 2.15. The number of aryl methyl sites for hydroxylation is 3. The predicted molar refractivity (Wildman–Crippen MR) is 90.3 cm³/mol. The van der Waals surface area contributed by atoms with Gasteiger partial charge >= 0.3 is 0 Å². The third-order valence-electron chi connectivity index (χ3n) is 3.72. The highest BCUT2D eigenvalue weighted by molar-refractivity contribution is 7.13. The van der Waals surface area contributed by atoms with Crippen LogP contribution in [-0.4, -0.2) is 15.8 Å². The van der Waals surface area contributed by atoms with E-state index in [0.717, 1.165) is 28.9 Å². The predicted octanol–water partition coefficient (Wildman–Crippen LogP) is 3.78. The molecule has 3 aromatic rings. The van der Waals surface area contributed by atoms with Gasteiger partial charge in [-0.15, -0.1) is 0 Å². The Morgan fingerprint density at radius 3 is 2.82 bits per heavy atom. The lowest BCUT2D eigenvalue weighted by molar-refractivity contribution is -0.107. The molecule has 0 saturated heterocycles. The fraction of sp³-hybridized carbons (Fsp3) is 0.235. The summed E-state index contributed by atoms with van der Waals surface area (Å²) in [4.78, 5) is 17.4. The smallest absolute Gasteiger partial charge is 0.214 e. The maximum absolute atomic E-state index is 11.5. The van der Waals surface area contributed by atoms with Crippen LogP contribution in [0.25, 0.3) is 10.1 Å². The van der Waals surface area contributed by atoms with Crippen molar-refractivity contribution in [2.75, 3.05) is 4.90 Å². The Bertz CT molecular complexity index is 841. The van der Waals surface area contributed by atoms with Crippen molar-refractivity contribution in [1.82, 2.24) is 9.36 Å². The van der Waals surface area contributed by atoms with Crippen LogP contribution in [0.15, 0.2) is 30.5 Å². The zero-order valence-corrected chi connectivity index (χ0v) is 13.6. The summed E-state index contributed by atoms with van der Waals surface area (Å²) < 4.78 is 5.73. The molecule has 0 atom stereocenters. The van der Waals surface area contributed by atoms with Crippen LogP contribution in [0.1, 0.15) is 22.5 Å². The Labute approximate surface area is 133 Å². The van der Waals surface area contributed by atoms with Gasteiger partial charge in [-0.05, 0) is 61.6 Å². The monoisotopic (exact) mass is 311 g/mol. The second-order valence-corrected chi connectivity index (χ2v) is 6.23. The molecule has 1 amide bonds. The van der Waals surface area contributed by atoms with Crippen LogP contribution in [0.3, 0.4) is 0 Å². The molecule has 112 valence electrons. The maximum atomic E-state index is 11.5. The molecule has 5 heteroatoms. The summed E-state index contributed by atoms with van der Waals surface area (Å²) in [6.45, 7) is 6.54. The molecular formula is C17H17N3OS. The van der Waals surface area contributed by atoms with E-state index in [2.05, 4.69) is 35.3 Å². The fourth-order valence-electron chi connectivity index (χ4n) is 2.75. The molecule has 22 heavy (non-hydrogen) atoms. The Kier molecular flexibility index (Phi) is 3.90. The molecule has 4 nitrogen and oxygen atoms in total. The lowest BCUT2D eigenvalue weighted by Crippen LogP contribution is -2.22.